The summed E-state index contributed by atoms with van der Waals surface area (Å²) in [4.78, 5) is 1.05. The van der Waals surface area contributed by atoms with Gasteiger partial charge in [-0.05, 0) is 87.8 Å². The summed E-state index contributed by atoms with van der Waals surface area (Å²) in [5, 5.41) is 0. The van der Waals surface area contributed by atoms with Crippen molar-refractivity contribution in [3.8, 4) is 11.1 Å². The van der Waals surface area contributed by atoms with Crippen LogP contribution in [0.15, 0.2) is 95.9 Å². The number of fused-ring (bicyclic) bond motifs is 1. The van der Waals surface area contributed by atoms with Crippen molar-refractivity contribution in [3.63, 3.8) is 0 Å². The first-order valence-electron chi connectivity index (χ1n) is 12.6. The molecule has 4 aromatic rings. The Morgan fingerprint density at radius 1 is 0.657 bits per heavy atom. The molecule has 0 radical (unpaired) electrons. The van der Waals surface area contributed by atoms with Gasteiger partial charge in [0.15, 0.2) is 0 Å². The molecule has 4 aromatic carbocycles. The largest absolute Gasteiger partial charge is 0.143 e. The number of benzene rings is 4. The molecular weight excluding hydrogens is 440 g/mol. The van der Waals surface area contributed by atoms with Gasteiger partial charge in [-0.25, -0.2) is 0 Å². The molecule has 0 N–H and O–H groups in total. The highest BCUT2D eigenvalue weighted by Crippen LogP contribution is 2.42. The molecular formula is C34H34S. The lowest BCUT2D eigenvalue weighted by molar-refractivity contribution is 0.590. The van der Waals surface area contributed by atoms with Gasteiger partial charge in [-0.15, -0.1) is 12.6 Å². The molecule has 0 amide bonds. The van der Waals surface area contributed by atoms with Crippen molar-refractivity contribution in [2.45, 2.75) is 57.3 Å². The standard InChI is InChI=1S/C34H34S/c1-23-15-17-24(18-16-23)33-29-20-19-26(25-9-7-11-28(22-25)34(2,3)4)21-27(29)10-8-13-31(33)30-12-5-6-14-32(30)35/h5-7,9,11-12,14-22,35H,8,10,13H2,1-4H3. The molecule has 1 aliphatic carbocycles. The van der Waals surface area contributed by atoms with Crippen molar-refractivity contribution in [3.05, 3.63) is 124 Å². The zero-order valence-corrected chi connectivity index (χ0v) is 22.1. The van der Waals surface area contributed by atoms with Crippen molar-refractivity contribution < 1.29 is 0 Å². The topological polar surface area (TPSA) is 0 Å². The fourth-order valence-electron chi connectivity index (χ4n) is 5.18. The average molecular weight is 475 g/mol. The van der Waals surface area contributed by atoms with E-state index in [1.807, 2.05) is 0 Å². The molecule has 176 valence electrons. The third-order valence-corrected chi connectivity index (χ3v) is 7.57. The van der Waals surface area contributed by atoms with E-state index in [1.165, 1.54) is 55.7 Å². The van der Waals surface area contributed by atoms with Gasteiger partial charge >= 0.3 is 0 Å². The Labute approximate surface area is 216 Å². The number of rotatable bonds is 3. The molecule has 0 aromatic heterocycles. The first-order valence-corrected chi connectivity index (χ1v) is 13.1. The van der Waals surface area contributed by atoms with Gasteiger partial charge in [0.25, 0.3) is 0 Å². The quantitative estimate of drug-likeness (QED) is 0.281. The van der Waals surface area contributed by atoms with Crippen LogP contribution in [-0.4, -0.2) is 0 Å². The zero-order chi connectivity index (χ0) is 24.6. The summed E-state index contributed by atoms with van der Waals surface area (Å²) in [7, 11) is 0. The molecule has 0 saturated carbocycles. The molecule has 1 aliphatic rings. The van der Waals surface area contributed by atoms with Crippen LogP contribution in [0.4, 0.5) is 0 Å². The highest BCUT2D eigenvalue weighted by Gasteiger charge is 2.22. The first-order chi connectivity index (χ1) is 16.8. The van der Waals surface area contributed by atoms with E-state index in [-0.39, 0.29) is 5.41 Å². The van der Waals surface area contributed by atoms with Crippen LogP contribution < -0.4 is 0 Å². The van der Waals surface area contributed by atoms with Gasteiger partial charge in [0, 0.05) is 4.90 Å². The molecule has 5 rings (SSSR count). The maximum Gasteiger partial charge on any atom is 0.0116 e. The summed E-state index contributed by atoms with van der Waals surface area (Å²) in [5.74, 6) is 0. The third kappa shape index (κ3) is 4.88. The van der Waals surface area contributed by atoms with Crippen LogP contribution in [-0.2, 0) is 11.8 Å². The average Bonchev–Trinajstić information content (AvgIpc) is 3.03. The van der Waals surface area contributed by atoms with Crippen LogP contribution >= 0.6 is 12.6 Å². The molecule has 0 unspecified atom stereocenters. The Balaban J connectivity index is 1.70. The molecule has 0 heterocycles. The fraction of sp³-hybridized carbons (Fsp3) is 0.235. The molecule has 0 spiro atoms. The van der Waals surface area contributed by atoms with Gasteiger partial charge in [-0.3, -0.25) is 0 Å². The molecule has 1 heteroatoms. The Bertz CT molecular complexity index is 1400. The van der Waals surface area contributed by atoms with Crippen LogP contribution in [0.2, 0.25) is 0 Å². The summed E-state index contributed by atoms with van der Waals surface area (Å²) < 4.78 is 0. The number of hydrogen-bond donors (Lipinski definition) is 1. The molecule has 0 atom stereocenters. The normalized spacial score (nSPS) is 14.0. The number of aryl methyl sites for hydroxylation is 2. The first kappa shape index (κ1) is 23.7. The molecule has 0 nitrogen and oxygen atoms in total. The molecule has 35 heavy (non-hydrogen) atoms. The number of hydrogen-bond acceptors (Lipinski definition) is 1. The second-order valence-electron chi connectivity index (χ2n) is 10.8. The van der Waals surface area contributed by atoms with Crippen LogP contribution in [0.1, 0.15) is 67.0 Å². The Hall–Kier alpha value is -3.03. The highest BCUT2D eigenvalue weighted by molar-refractivity contribution is 7.80. The van der Waals surface area contributed by atoms with Gasteiger partial charge < -0.3 is 0 Å². The van der Waals surface area contributed by atoms with Crippen molar-refractivity contribution in [1.82, 2.24) is 0 Å². The van der Waals surface area contributed by atoms with Gasteiger partial charge in [0.1, 0.15) is 0 Å². The lowest BCUT2D eigenvalue weighted by Crippen LogP contribution is -2.10. The van der Waals surface area contributed by atoms with Crippen LogP contribution in [0.5, 0.6) is 0 Å². The SMILES string of the molecule is Cc1ccc(C2=C(c3ccccc3S)CCCc3cc(-c4cccc(C(C)(C)C)c4)ccc32)cc1. The molecule has 0 saturated heterocycles. The monoisotopic (exact) mass is 474 g/mol. The van der Waals surface area contributed by atoms with Crippen molar-refractivity contribution in [1.29, 1.82) is 0 Å². The minimum absolute atomic E-state index is 0.137. The highest BCUT2D eigenvalue weighted by atomic mass is 32.1. The second-order valence-corrected chi connectivity index (χ2v) is 11.3. The van der Waals surface area contributed by atoms with Crippen molar-refractivity contribution >= 4 is 23.8 Å². The summed E-state index contributed by atoms with van der Waals surface area (Å²) in [5.41, 5.74) is 13.5. The van der Waals surface area contributed by atoms with E-state index in [0.717, 1.165) is 24.2 Å². The number of allylic oxidation sites excluding steroid dienone is 1. The summed E-state index contributed by atoms with van der Waals surface area (Å²) >= 11 is 4.85. The van der Waals surface area contributed by atoms with Gasteiger partial charge in [0.2, 0.25) is 0 Å². The fourth-order valence-corrected chi connectivity index (χ4v) is 5.48. The lowest BCUT2D eigenvalue weighted by Gasteiger charge is -2.20. The van der Waals surface area contributed by atoms with Gasteiger partial charge in [-0.2, -0.15) is 0 Å². The van der Waals surface area contributed by atoms with Crippen LogP contribution in [0, 0.1) is 6.92 Å². The zero-order valence-electron chi connectivity index (χ0n) is 21.2. The lowest BCUT2D eigenvalue weighted by atomic mass is 9.84. The maximum atomic E-state index is 4.85. The van der Waals surface area contributed by atoms with Crippen LogP contribution in [0.25, 0.3) is 22.3 Å². The predicted octanol–water partition coefficient (Wildman–Crippen LogP) is 9.54. The summed E-state index contributed by atoms with van der Waals surface area (Å²) in [6, 6.07) is 33.7. The van der Waals surface area contributed by atoms with Gasteiger partial charge in [-0.1, -0.05) is 111 Å². The minimum Gasteiger partial charge on any atom is -0.143 e. The van der Waals surface area contributed by atoms with E-state index in [0.29, 0.717) is 0 Å². The molecule has 0 fully saturated rings. The second kappa shape index (κ2) is 9.55. The van der Waals surface area contributed by atoms with E-state index in [4.69, 9.17) is 12.6 Å². The maximum absolute atomic E-state index is 4.85. The van der Waals surface area contributed by atoms with Crippen LogP contribution in [0.3, 0.4) is 0 Å². The minimum atomic E-state index is 0.137. The summed E-state index contributed by atoms with van der Waals surface area (Å²) in [6.45, 7) is 8.99. The Kier molecular flexibility index (Phi) is 6.47. The molecule has 0 bridgehead atoms. The van der Waals surface area contributed by atoms with E-state index in [1.54, 1.807) is 0 Å². The van der Waals surface area contributed by atoms with E-state index < -0.39 is 0 Å². The van der Waals surface area contributed by atoms with Gasteiger partial charge in [0.05, 0.1) is 0 Å². The van der Waals surface area contributed by atoms with Crippen molar-refractivity contribution in [2.24, 2.45) is 0 Å². The predicted molar refractivity (Wildman–Crippen MR) is 154 cm³/mol. The summed E-state index contributed by atoms with van der Waals surface area (Å²) in [6.07, 6.45) is 3.26. The Morgan fingerprint density at radius 2 is 1.37 bits per heavy atom. The van der Waals surface area contributed by atoms with E-state index >= 15 is 0 Å². The Morgan fingerprint density at radius 3 is 2.11 bits per heavy atom. The van der Waals surface area contributed by atoms with Crippen molar-refractivity contribution in [2.75, 3.05) is 0 Å². The molecule has 0 aliphatic heterocycles. The van der Waals surface area contributed by atoms with E-state index in [9.17, 15) is 0 Å². The smallest absolute Gasteiger partial charge is 0.0116 e. The number of thiol groups is 1. The van der Waals surface area contributed by atoms with E-state index in [2.05, 4.69) is 119 Å². The third-order valence-electron chi connectivity index (χ3n) is 7.18.